The molecule has 1 heterocycles. The Bertz CT molecular complexity index is 557. The van der Waals surface area contributed by atoms with Crippen LogP contribution in [0.1, 0.15) is 5.56 Å². The van der Waals surface area contributed by atoms with Crippen LogP contribution in [0.3, 0.4) is 0 Å². The van der Waals surface area contributed by atoms with Crippen LogP contribution in [0.15, 0.2) is 36.5 Å². The van der Waals surface area contributed by atoms with E-state index >= 15 is 0 Å². The first-order chi connectivity index (χ1) is 9.10. The van der Waals surface area contributed by atoms with Crippen LogP contribution in [0.4, 0.5) is 11.5 Å². The van der Waals surface area contributed by atoms with Crippen molar-refractivity contribution in [3.63, 3.8) is 0 Å². The minimum absolute atomic E-state index is 0.541. The minimum atomic E-state index is 0.541. The molecule has 4 nitrogen and oxygen atoms in total. The van der Waals surface area contributed by atoms with E-state index in [9.17, 15) is 0 Å². The maximum absolute atomic E-state index is 5.91. The Morgan fingerprint density at radius 1 is 1.32 bits per heavy atom. The standard InChI is InChI=1S/C14H16ClN3O/c1-18(14-13(16)7-11(15)8-17-14)9-10-3-5-12(19-2)6-4-10/h3-8H,9,16H2,1-2H3. The first-order valence-electron chi connectivity index (χ1n) is 5.85. The van der Waals surface area contributed by atoms with Gasteiger partial charge in [-0.05, 0) is 23.8 Å². The number of benzene rings is 1. The molecule has 2 N–H and O–H groups in total. The summed E-state index contributed by atoms with van der Waals surface area (Å²) in [6, 6.07) is 9.60. The molecule has 0 atom stereocenters. The van der Waals surface area contributed by atoms with Gasteiger partial charge in [0.25, 0.3) is 0 Å². The predicted octanol–water partition coefficient (Wildman–Crippen LogP) is 2.96. The number of aromatic nitrogens is 1. The molecular weight excluding hydrogens is 262 g/mol. The van der Waals surface area contributed by atoms with Crippen molar-refractivity contribution in [2.24, 2.45) is 0 Å². The van der Waals surface area contributed by atoms with Gasteiger partial charge in [-0.15, -0.1) is 0 Å². The SMILES string of the molecule is COc1ccc(CN(C)c2ncc(Cl)cc2N)cc1. The second-order valence-electron chi connectivity index (χ2n) is 4.27. The van der Waals surface area contributed by atoms with E-state index in [4.69, 9.17) is 22.1 Å². The molecule has 0 unspecified atom stereocenters. The Labute approximate surface area is 117 Å². The zero-order chi connectivity index (χ0) is 13.8. The maximum atomic E-state index is 5.91. The Balaban J connectivity index is 2.13. The molecule has 0 saturated carbocycles. The Morgan fingerprint density at radius 2 is 2.00 bits per heavy atom. The van der Waals surface area contributed by atoms with Crippen LogP contribution in [-0.4, -0.2) is 19.1 Å². The van der Waals surface area contributed by atoms with Crippen molar-refractivity contribution in [2.45, 2.75) is 6.54 Å². The lowest BCUT2D eigenvalue weighted by atomic mass is 10.2. The van der Waals surface area contributed by atoms with Crippen LogP contribution in [0.2, 0.25) is 5.02 Å². The lowest BCUT2D eigenvalue weighted by molar-refractivity contribution is 0.414. The highest BCUT2D eigenvalue weighted by Crippen LogP contribution is 2.24. The fourth-order valence-electron chi connectivity index (χ4n) is 1.85. The Morgan fingerprint density at radius 3 is 2.58 bits per heavy atom. The molecule has 1 aromatic heterocycles. The smallest absolute Gasteiger partial charge is 0.151 e. The number of nitrogen functional groups attached to an aromatic ring is 1. The fourth-order valence-corrected chi connectivity index (χ4v) is 2.01. The van der Waals surface area contributed by atoms with Gasteiger partial charge >= 0.3 is 0 Å². The monoisotopic (exact) mass is 277 g/mol. The second kappa shape index (κ2) is 5.80. The Kier molecular flexibility index (Phi) is 4.12. The van der Waals surface area contributed by atoms with Gasteiger partial charge in [-0.25, -0.2) is 4.98 Å². The zero-order valence-corrected chi connectivity index (χ0v) is 11.7. The summed E-state index contributed by atoms with van der Waals surface area (Å²) >= 11 is 5.84. The van der Waals surface area contributed by atoms with Gasteiger partial charge in [-0.1, -0.05) is 23.7 Å². The third-order valence-electron chi connectivity index (χ3n) is 2.80. The van der Waals surface area contributed by atoms with Gasteiger partial charge < -0.3 is 15.4 Å². The Hall–Kier alpha value is -1.94. The molecule has 0 fully saturated rings. The van der Waals surface area contributed by atoms with E-state index < -0.39 is 0 Å². The van der Waals surface area contributed by atoms with Crippen LogP contribution < -0.4 is 15.4 Å². The van der Waals surface area contributed by atoms with E-state index in [0.29, 0.717) is 17.3 Å². The number of nitrogens with zero attached hydrogens (tertiary/aromatic N) is 2. The van der Waals surface area contributed by atoms with Crippen molar-refractivity contribution in [3.8, 4) is 5.75 Å². The summed E-state index contributed by atoms with van der Waals surface area (Å²) in [6.45, 7) is 0.711. The molecule has 0 aliphatic carbocycles. The van der Waals surface area contributed by atoms with Gasteiger partial charge in [0.2, 0.25) is 0 Å². The van der Waals surface area contributed by atoms with Crippen LogP contribution >= 0.6 is 11.6 Å². The van der Waals surface area contributed by atoms with E-state index in [1.165, 1.54) is 0 Å². The summed E-state index contributed by atoms with van der Waals surface area (Å²) in [5.41, 5.74) is 7.64. The summed E-state index contributed by atoms with van der Waals surface area (Å²) in [5, 5.41) is 0.541. The topological polar surface area (TPSA) is 51.4 Å². The number of nitrogens with two attached hydrogens (primary N) is 1. The predicted molar refractivity (Wildman–Crippen MR) is 78.8 cm³/mol. The average molecular weight is 278 g/mol. The molecule has 2 aromatic rings. The summed E-state index contributed by atoms with van der Waals surface area (Å²) in [7, 11) is 3.59. The third kappa shape index (κ3) is 3.29. The molecule has 0 bridgehead atoms. The van der Waals surface area contributed by atoms with E-state index in [-0.39, 0.29) is 0 Å². The molecule has 2 rings (SSSR count). The van der Waals surface area contributed by atoms with Gasteiger partial charge in [0.05, 0.1) is 17.8 Å². The molecule has 0 aliphatic rings. The highest BCUT2D eigenvalue weighted by atomic mass is 35.5. The highest BCUT2D eigenvalue weighted by Gasteiger charge is 2.08. The van der Waals surface area contributed by atoms with E-state index in [1.807, 2.05) is 36.2 Å². The highest BCUT2D eigenvalue weighted by molar-refractivity contribution is 6.30. The number of rotatable bonds is 4. The number of hydrogen-bond acceptors (Lipinski definition) is 4. The fraction of sp³-hybridized carbons (Fsp3) is 0.214. The maximum Gasteiger partial charge on any atom is 0.151 e. The van der Waals surface area contributed by atoms with Crippen molar-refractivity contribution < 1.29 is 4.74 Å². The number of halogens is 1. The van der Waals surface area contributed by atoms with Gasteiger partial charge in [0, 0.05) is 19.8 Å². The average Bonchev–Trinajstić information content (AvgIpc) is 2.39. The van der Waals surface area contributed by atoms with Crippen molar-refractivity contribution in [2.75, 3.05) is 24.8 Å². The minimum Gasteiger partial charge on any atom is -0.497 e. The van der Waals surface area contributed by atoms with Crippen molar-refractivity contribution in [1.29, 1.82) is 0 Å². The van der Waals surface area contributed by atoms with E-state index in [2.05, 4.69) is 4.98 Å². The van der Waals surface area contributed by atoms with Crippen LogP contribution in [0, 0.1) is 0 Å². The zero-order valence-electron chi connectivity index (χ0n) is 10.9. The lowest BCUT2D eigenvalue weighted by Gasteiger charge is -2.20. The number of pyridine rings is 1. The second-order valence-corrected chi connectivity index (χ2v) is 4.71. The largest absolute Gasteiger partial charge is 0.497 e. The molecule has 19 heavy (non-hydrogen) atoms. The molecule has 1 aromatic carbocycles. The van der Waals surface area contributed by atoms with Crippen LogP contribution in [0.25, 0.3) is 0 Å². The molecular formula is C14H16ClN3O. The number of hydrogen-bond donors (Lipinski definition) is 1. The molecule has 5 heteroatoms. The molecule has 0 spiro atoms. The molecule has 100 valence electrons. The van der Waals surface area contributed by atoms with Crippen molar-refractivity contribution in [1.82, 2.24) is 4.98 Å². The quantitative estimate of drug-likeness (QED) is 0.933. The van der Waals surface area contributed by atoms with Gasteiger partial charge in [-0.2, -0.15) is 0 Å². The summed E-state index contributed by atoms with van der Waals surface area (Å²) in [6.07, 6.45) is 1.60. The van der Waals surface area contributed by atoms with Gasteiger partial charge in [-0.3, -0.25) is 0 Å². The number of ether oxygens (including phenoxy) is 1. The van der Waals surface area contributed by atoms with Crippen LogP contribution in [0.5, 0.6) is 5.75 Å². The first-order valence-corrected chi connectivity index (χ1v) is 6.23. The number of anilines is 2. The van der Waals surface area contributed by atoms with E-state index in [0.717, 1.165) is 17.1 Å². The van der Waals surface area contributed by atoms with Crippen molar-refractivity contribution in [3.05, 3.63) is 47.1 Å². The summed E-state index contributed by atoms with van der Waals surface area (Å²) < 4.78 is 5.13. The summed E-state index contributed by atoms with van der Waals surface area (Å²) in [5.74, 6) is 1.57. The normalized spacial score (nSPS) is 10.3. The molecule has 0 saturated heterocycles. The number of methoxy groups -OCH3 is 1. The van der Waals surface area contributed by atoms with Gasteiger partial charge in [0.1, 0.15) is 5.75 Å². The molecule has 0 radical (unpaired) electrons. The van der Waals surface area contributed by atoms with E-state index in [1.54, 1.807) is 19.4 Å². The molecule has 0 amide bonds. The summed E-state index contributed by atoms with van der Waals surface area (Å²) in [4.78, 5) is 6.23. The lowest BCUT2D eigenvalue weighted by Crippen LogP contribution is -2.19. The third-order valence-corrected chi connectivity index (χ3v) is 3.01. The first kappa shape index (κ1) is 13.5. The van der Waals surface area contributed by atoms with Gasteiger partial charge in [0.15, 0.2) is 5.82 Å². The van der Waals surface area contributed by atoms with Crippen LogP contribution in [-0.2, 0) is 6.54 Å². The molecule has 0 aliphatic heterocycles. The van der Waals surface area contributed by atoms with Crippen molar-refractivity contribution >= 4 is 23.1 Å².